The number of ether oxygens (including phenoxy) is 1. The highest BCUT2D eigenvalue weighted by Crippen LogP contribution is 2.35. The van der Waals surface area contributed by atoms with E-state index in [1.165, 1.54) is 16.8 Å². The topological polar surface area (TPSA) is 87.2 Å². The summed E-state index contributed by atoms with van der Waals surface area (Å²) in [6, 6.07) is 4.28. The molecule has 9 heteroatoms. The Kier molecular flexibility index (Phi) is 8.05. The zero-order valence-electron chi connectivity index (χ0n) is 18.5. The van der Waals surface area contributed by atoms with E-state index in [2.05, 4.69) is 15.9 Å². The molecule has 0 unspecified atom stereocenters. The number of likely N-dealkylation sites (N-methyl/N-ethyl adjacent to an activating group) is 1. The molecule has 0 saturated heterocycles. The maximum absolute atomic E-state index is 13.3. The zero-order chi connectivity index (χ0) is 22.8. The van der Waals surface area contributed by atoms with Crippen LogP contribution in [0.5, 0.6) is 5.75 Å². The second-order valence-corrected chi connectivity index (χ2v) is 11.7. The Morgan fingerprint density at radius 2 is 2.00 bits per heavy atom. The van der Waals surface area contributed by atoms with Crippen molar-refractivity contribution in [2.24, 2.45) is 11.8 Å². The predicted octanol–water partition coefficient (Wildman–Crippen LogP) is 3.26. The van der Waals surface area contributed by atoms with Crippen molar-refractivity contribution in [2.45, 2.75) is 63.0 Å². The van der Waals surface area contributed by atoms with Gasteiger partial charge in [-0.2, -0.15) is 4.31 Å². The number of carbonyl (C=O) groups excluding carboxylic acids is 1. The fourth-order valence-electron chi connectivity index (χ4n) is 4.44. The molecule has 174 valence electrons. The Bertz CT molecular complexity index is 888. The van der Waals surface area contributed by atoms with Crippen LogP contribution in [0.1, 0.15) is 46.0 Å². The fraction of sp³-hybridized carbons (Fsp3) is 0.682. The van der Waals surface area contributed by atoms with Gasteiger partial charge in [0, 0.05) is 35.9 Å². The van der Waals surface area contributed by atoms with Crippen LogP contribution in [0, 0.1) is 11.8 Å². The van der Waals surface area contributed by atoms with Gasteiger partial charge in [0.25, 0.3) is 0 Å². The number of fused-ring (bicyclic) bond motifs is 1. The van der Waals surface area contributed by atoms with Crippen molar-refractivity contribution in [3.8, 4) is 5.75 Å². The lowest BCUT2D eigenvalue weighted by molar-refractivity contribution is -0.136. The van der Waals surface area contributed by atoms with Crippen LogP contribution in [0.4, 0.5) is 0 Å². The average molecular weight is 517 g/mol. The highest BCUT2D eigenvalue weighted by molar-refractivity contribution is 9.10. The summed E-state index contributed by atoms with van der Waals surface area (Å²) in [7, 11) is -2.04. The van der Waals surface area contributed by atoms with E-state index in [0.29, 0.717) is 11.0 Å². The third-order valence-corrected chi connectivity index (χ3v) is 8.93. The van der Waals surface area contributed by atoms with Gasteiger partial charge in [-0.05, 0) is 38.0 Å². The van der Waals surface area contributed by atoms with E-state index in [4.69, 9.17) is 4.74 Å². The Hall–Kier alpha value is -1.16. The molecule has 0 bridgehead atoms. The summed E-state index contributed by atoms with van der Waals surface area (Å²) in [5.74, 6) is 0.285. The number of aliphatic hydroxyl groups is 1. The average Bonchev–Trinajstić information content (AvgIpc) is 2.75. The van der Waals surface area contributed by atoms with Gasteiger partial charge in [0.15, 0.2) is 0 Å². The molecule has 1 aliphatic carbocycles. The molecule has 0 radical (unpaired) electrons. The molecule has 1 amide bonds. The lowest BCUT2D eigenvalue weighted by atomic mass is 9.88. The molecule has 31 heavy (non-hydrogen) atoms. The van der Waals surface area contributed by atoms with Gasteiger partial charge in [-0.15, -0.1) is 0 Å². The first-order chi connectivity index (χ1) is 14.6. The quantitative estimate of drug-likeness (QED) is 0.648. The highest BCUT2D eigenvalue weighted by atomic mass is 79.9. The summed E-state index contributed by atoms with van der Waals surface area (Å²) >= 11 is 3.40. The highest BCUT2D eigenvalue weighted by Gasteiger charge is 2.38. The molecule has 0 spiro atoms. The summed E-state index contributed by atoms with van der Waals surface area (Å²) in [5, 5.41) is 9.69. The zero-order valence-corrected chi connectivity index (χ0v) is 20.9. The molecular formula is C22H33BrN2O5S. The number of rotatable bonds is 5. The number of hydrogen-bond donors (Lipinski definition) is 1. The number of carbonyl (C=O) groups is 1. The first-order valence-electron chi connectivity index (χ1n) is 11.0. The molecule has 1 aliphatic heterocycles. The van der Waals surface area contributed by atoms with Gasteiger partial charge >= 0.3 is 0 Å². The third kappa shape index (κ3) is 5.43. The molecule has 1 aromatic carbocycles. The number of sulfonamides is 1. The number of hydrogen-bond acceptors (Lipinski definition) is 5. The second kappa shape index (κ2) is 10.2. The van der Waals surface area contributed by atoms with E-state index in [0.717, 1.165) is 25.7 Å². The summed E-state index contributed by atoms with van der Waals surface area (Å²) in [6.45, 7) is 3.93. The standard InChI is InChI=1S/C22H33BrN2O5S/c1-15-12-25(16(2)14-26)31(28,29)21-10-9-18(23)11-19(21)30-20(15)13-24(3)22(27)17-7-5-4-6-8-17/h9-11,15-17,20,26H,4-8,12-14H2,1-3H3/t15-,16-,20+/m0/s1. The van der Waals surface area contributed by atoms with Gasteiger partial charge in [-0.25, -0.2) is 8.42 Å². The van der Waals surface area contributed by atoms with Crippen molar-refractivity contribution in [1.82, 2.24) is 9.21 Å². The van der Waals surface area contributed by atoms with E-state index in [1.807, 2.05) is 6.92 Å². The van der Waals surface area contributed by atoms with E-state index < -0.39 is 16.1 Å². The van der Waals surface area contributed by atoms with Gasteiger partial charge in [-0.1, -0.05) is 42.1 Å². The van der Waals surface area contributed by atoms with Gasteiger partial charge in [0.1, 0.15) is 16.7 Å². The first kappa shape index (κ1) is 24.5. The van der Waals surface area contributed by atoms with Crippen LogP contribution >= 0.6 is 15.9 Å². The van der Waals surface area contributed by atoms with E-state index in [9.17, 15) is 18.3 Å². The maximum atomic E-state index is 13.3. The number of benzene rings is 1. The molecule has 1 fully saturated rings. The summed E-state index contributed by atoms with van der Waals surface area (Å²) < 4.78 is 35.0. The van der Waals surface area contributed by atoms with Gasteiger partial charge < -0.3 is 14.7 Å². The van der Waals surface area contributed by atoms with Crippen LogP contribution in [-0.4, -0.2) is 67.5 Å². The van der Waals surface area contributed by atoms with Gasteiger partial charge in [-0.3, -0.25) is 4.79 Å². The lowest BCUT2D eigenvalue weighted by Crippen LogP contribution is -2.50. The number of amides is 1. The Morgan fingerprint density at radius 1 is 1.32 bits per heavy atom. The molecule has 1 N–H and O–H groups in total. The molecule has 3 rings (SSSR count). The molecule has 2 aliphatic rings. The van der Waals surface area contributed by atoms with Crippen molar-refractivity contribution >= 4 is 31.9 Å². The monoisotopic (exact) mass is 516 g/mol. The fourth-order valence-corrected chi connectivity index (χ4v) is 6.60. The van der Waals surface area contributed by atoms with Gasteiger partial charge in [0.05, 0.1) is 13.2 Å². The predicted molar refractivity (Wildman–Crippen MR) is 122 cm³/mol. The van der Waals surface area contributed by atoms with Crippen LogP contribution in [-0.2, 0) is 14.8 Å². The summed E-state index contributed by atoms with van der Waals surface area (Å²) in [5.41, 5.74) is 0. The Morgan fingerprint density at radius 3 is 2.65 bits per heavy atom. The van der Waals surface area contributed by atoms with E-state index >= 15 is 0 Å². The van der Waals surface area contributed by atoms with E-state index in [1.54, 1.807) is 31.0 Å². The second-order valence-electron chi connectivity index (χ2n) is 8.88. The number of halogens is 1. The first-order valence-corrected chi connectivity index (χ1v) is 13.2. The van der Waals surface area contributed by atoms with Crippen LogP contribution in [0.2, 0.25) is 0 Å². The van der Waals surface area contributed by atoms with Crippen LogP contribution in [0.15, 0.2) is 27.6 Å². The maximum Gasteiger partial charge on any atom is 0.247 e. The molecule has 3 atom stereocenters. The molecule has 7 nitrogen and oxygen atoms in total. The van der Waals surface area contributed by atoms with Crippen LogP contribution in [0.25, 0.3) is 0 Å². The molecular weight excluding hydrogens is 484 g/mol. The minimum atomic E-state index is -3.84. The van der Waals surface area contributed by atoms with Crippen molar-refractivity contribution in [1.29, 1.82) is 0 Å². The Balaban J connectivity index is 1.91. The summed E-state index contributed by atoms with van der Waals surface area (Å²) in [4.78, 5) is 14.8. The normalized spacial score (nSPS) is 25.6. The minimum absolute atomic E-state index is 0.0651. The van der Waals surface area contributed by atoms with E-state index in [-0.39, 0.29) is 47.6 Å². The molecule has 1 aromatic rings. The SMILES string of the molecule is C[C@H]1CN([C@@H](C)CO)S(=O)(=O)c2ccc(Br)cc2O[C@@H]1CN(C)C(=O)C1CCCCC1. The largest absolute Gasteiger partial charge is 0.487 e. The number of nitrogens with zero attached hydrogens (tertiary/aromatic N) is 2. The summed E-state index contributed by atoms with van der Waals surface area (Å²) in [6.07, 6.45) is 4.85. The van der Waals surface area contributed by atoms with Crippen molar-refractivity contribution in [3.05, 3.63) is 22.7 Å². The Labute approximate surface area is 193 Å². The van der Waals surface area contributed by atoms with Crippen molar-refractivity contribution in [3.63, 3.8) is 0 Å². The third-order valence-electron chi connectivity index (χ3n) is 6.41. The number of aliphatic hydroxyl groups excluding tert-OH is 1. The van der Waals surface area contributed by atoms with Crippen molar-refractivity contribution in [2.75, 3.05) is 26.7 Å². The molecule has 1 heterocycles. The van der Waals surface area contributed by atoms with Crippen molar-refractivity contribution < 1.29 is 23.1 Å². The smallest absolute Gasteiger partial charge is 0.247 e. The van der Waals surface area contributed by atoms with Crippen LogP contribution in [0.3, 0.4) is 0 Å². The minimum Gasteiger partial charge on any atom is -0.487 e. The van der Waals surface area contributed by atoms with Crippen LogP contribution < -0.4 is 4.74 Å². The van der Waals surface area contributed by atoms with Gasteiger partial charge in [0.2, 0.25) is 15.9 Å². The molecule has 1 saturated carbocycles. The molecule has 0 aromatic heterocycles. The lowest BCUT2D eigenvalue weighted by Gasteiger charge is -2.38.